The van der Waals surface area contributed by atoms with E-state index in [9.17, 15) is 0 Å². The number of rotatable bonds is 2. The summed E-state index contributed by atoms with van der Waals surface area (Å²) in [5.74, 6) is 0.919. The first-order valence-corrected chi connectivity index (χ1v) is 5.56. The van der Waals surface area contributed by atoms with Gasteiger partial charge >= 0.3 is 0 Å². The van der Waals surface area contributed by atoms with E-state index in [1.54, 1.807) is 0 Å². The molecule has 1 aliphatic rings. The van der Waals surface area contributed by atoms with Crippen molar-refractivity contribution in [3.63, 3.8) is 0 Å². The van der Waals surface area contributed by atoms with Gasteiger partial charge in [0.2, 0.25) is 0 Å². The Morgan fingerprint density at radius 3 is 3.00 bits per heavy atom. The maximum absolute atomic E-state index is 9.06. The average molecular weight is 222 g/mol. The maximum Gasteiger partial charge on any atom is 0.129 e. The van der Waals surface area contributed by atoms with Crippen molar-refractivity contribution >= 4 is 5.82 Å². The lowest BCUT2D eigenvalue weighted by Gasteiger charge is -2.38. The number of nitrogens with zero attached hydrogens (tertiary/aromatic N) is 2. The minimum atomic E-state index is -0.130. The fraction of sp³-hybridized carbons (Fsp3) is 0.583. The zero-order valence-electron chi connectivity index (χ0n) is 9.81. The monoisotopic (exact) mass is 222 g/mol. The van der Waals surface area contributed by atoms with Crippen molar-refractivity contribution in [2.45, 2.75) is 26.1 Å². The van der Waals surface area contributed by atoms with Crippen molar-refractivity contribution in [1.82, 2.24) is 4.98 Å². The fourth-order valence-corrected chi connectivity index (χ4v) is 1.94. The van der Waals surface area contributed by atoms with Gasteiger partial charge in [0.25, 0.3) is 0 Å². The van der Waals surface area contributed by atoms with Crippen LogP contribution in [0.3, 0.4) is 0 Å². The van der Waals surface area contributed by atoms with E-state index < -0.39 is 0 Å². The summed E-state index contributed by atoms with van der Waals surface area (Å²) in [5, 5.41) is 9.06. The van der Waals surface area contributed by atoms with Crippen LogP contribution < -0.4 is 4.90 Å². The summed E-state index contributed by atoms with van der Waals surface area (Å²) in [6.07, 6.45) is 0. The molecule has 0 aliphatic carbocycles. The standard InChI is InChI=1S/C12H18N2O2/c1-12(2)9-14(6-7-16-12)11-5-3-4-10(8-15)13-11/h3-5,15H,6-9H2,1-2H3. The van der Waals surface area contributed by atoms with Crippen LogP contribution in [0.25, 0.3) is 0 Å². The Kier molecular flexibility index (Phi) is 3.12. The highest BCUT2D eigenvalue weighted by Crippen LogP contribution is 2.21. The van der Waals surface area contributed by atoms with Crippen LogP contribution in [0.4, 0.5) is 5.82 Å². The van der Waals surface area contributed by atoms with Crippen LogP contribution in [0.1, 0.15) is 19.5 Å². The number of aromatic nitrogens is 1. The molecule has 1 aliphatic heterocycles. The first-order chi connectivity index (χ1) is 7.61. The molecule has 1 aromatic rings. The van der Waals surface area contributed by atoms with Gasteiger partial charge in [-0.2, -0.15) is 0 Å². The third-order valence-electron chi connectivity index (χ3n) is 2.70. The highest BCUT2D eigenvalue weighted by molar-refractivity contribution is 5.40. The molecule has 0 radical (unpaired) electrons. The molecule has 4 heteroatoms. The van der Waals surface area contributed by atoms with Gasteiger partial charge < -0.3 is 14.7 Å². The van der Waals surface area contributed by atoms with Crippen LogP contribution in [-0.2, 0) is 11.3 Å². The Hall–Kier alpha value is -1.13. The molecule has 4 nitrogen and oxygen atoms in total. The average Bonchev–Trinajstić information content (AvgIpc) is 2.28. The molecule has 1 saturated heterocycles. The molecule has 2 rings (SSSR count). The van der Waals surface area contributed by atoms with E-state index >= 15 is 0 Å². The van der Waals surface area contributed by atoms with E-state index in [2.05, 4.69) is 23.7 Å². The van der Waals surface area contributed by atoms with Crippen LogP contribution in [0.15, 0.2) is 18.2 Å². The van der Waals surface area contributed by atoms with E-state index in [1.165, 1.54) is 0 Å². The van der Waals surface area contributed by atoms with Crippen molar-refractivity contribution in [1.29, 1.82) is 0 Å². The topological polar surface area (TPSA) is 45.6 Å². The van der Waals surface area contributed by atoms with Gasteiger partial charge in [0, 0.05) is 13.1 Å². The second kappa shape index (κ2) is 4.39. The Morgan fingerprint density at radius 1 is 1.50 bits per heavy atom. The molecule has 0 saturated carbocycles. The van der Waals surface area contributed by atoms with Crippen molar-refractivity contribution in [2.75, 3.05) is 24.6 Å². The van der Waals surface area contributed by atoms with E-state index in [4.69, 9.17) is 9.84 Å². The molecule has 0 amide bonds. The maximum atomic E-state index is 9.06. The Balaban J connectivity index is 2.16. The summed E-state index contributed by atoms with van der Waals surface area (Å²) in [7, 11) is 0. The van der Waals surface area contributed by atoms with E-state index in [-0.39, 0.29) is 12.2 Å². The highest BCUT2D eigenvalue weighted by atomic mass is 16.5. The van der Waals surface area contributed by atoms with Gasteiger partial charge in [-0.05, 0) is 26.0 Å². The summed E-state index contributed by atoms with van der Waals surface area (Å²) < 4.78 is 5.65. The van der Waals surface area contributed by atoms with Gasteiger partial charge in [0.05, 0.1) is 24.5 Å². The number of hydrogen-bond acceptors (Lipinski definition) is 4. The van der Waals surface area contributed by atoms with Gasteiger partial charge in [0.1, 0.15) is 5.82 Å². The van der Waals surface area contributed by atoms with Gasteiger partial charge in [-0.25, -0.2) is 4.98 Å². The van der Waals surface area contributed by atoms with Crippen molar-refractivity contribution in [2.24, 2.45) is 0 Å². The summed E-state index contributed by atoms with van der Waals surface area (Å²) in [6.45, 7) is 6.55. The predicted octanol–water partition coefficient (Wildman–Crippen LogP) is 1.19. The summed E-state index contributed by atoms with van der Waals surface area (Å²) >= 11 is 0. The SMILES string of the molecule is CC1(C)CN(c2cccc(CO)n2)CCO1. The smallest absolute Gasteiger partial charge is 0.129 e. The van der Waals surface area contributed by atoms with Crippen LogP contribution in [0, 0.1) is 0 Å². The van der Waals surface area contributed by atoms with Crippen LogP contribution in [-0.4, -0.2) is 35.4 Å². The van der Waals surface area contributed by atoms with Gasteiger partial charge in [0.15, 0.2) is 0 Å². The first-order valence-electron chi connectivity index (χ1n) is 5.56. The lowest BCUT2D eigenvalue weighted by atomic mass is 10.1. The lowest BCUT2D eigenvalue weighted by molar-refractivity contribution is -0.0279. The quantitative estimate of drug-likeness (QED) is 0.816. The second-order valence-electron chi connectivity index (χ2n) is 4.67. The number of ether oxygens (including phenoxy) is 1. The number of morpholine rings is 1. The number of aliphatic hydroxyl groups excluding tert-OH is 1. The molecule has 0 atom stereocenters. The van der Waals surface area contributed by atoms with Gasteiger partial charge in [-0.15, -0.1) is 0 Å². The molecule has 1 fully saturated rings. The lowest BCUT2D eigenvalue weighted by Crippen LogP contribution is -2.48. The molecule has 0 spiro atoms. The van der Waals surface area contributed by atoms with Gasteiger partial charge in [-0.3, -0.25) is 0 Å². The normalized spacial score (nSPS) is 19.8. The van der Waals surface area contributed by atoms with Crippen LogP contribution in [0.5, 0.6) is 0 Å². The number of hydrogen-bond donors (Lipinski definition) is 1. The molecule has 2 heterocycles. The van der Waals surface area contributed by atoms with Crippen molar-refractivity contribution < 1.29 is 9.84 Å². The second-order valence-corrected chi connectivity index (χ2v) is 4.67. The molecular formula is C12H18N2O2. The summed E-state index contributed by atoms with van der Waals surface area (Å²) in [5.41, 5.74) is 0.580. The summed E-state index contributed by atoms with van der Waals surface area (Å²) in [6, 6.07) is 5.73. The van der Waals surface area contributed by atoms with Crippen LogP contribution in [0.2, 0.25) is 0 Å². The Morgan fingerprint density at radius 2 is 2.31 bits per heavy atom. The van der Waals surface area contributed by atoms with Gasteiger partial charge in [-0.1, -0.05) is 6.07 Å². The fourth-order valence-electron chi connectivity index (χ4n) is 1.94. The minimum absolute atomic E-state index is 0.0123. The third-order valence-corrected chi connectivity index (χ3v) is 2.70. The first kappa shape index (κ1) is 11.4. The number of aliphatic hydroxyl groups is 1. The molecule has 88 valence electrons. The molecule has 16 heavy (non-hydrogen) atoms. The Labute approximate surface area is 95.9 Å². The molecule has 1 N–H and O–H groups in total. The largest absolute Gasteiger partial charge is 0.390 e. The van der Waals surface area contributed by atoms with E-state index in [0.29, 0.717) is 5.69 Å². The third kappa shape index (κ3) is 2.51. The molecular weight excluding hydrogens is 204 g/mol. The molecule has 0 unspecified atom stereocenters. The van der Waals surface area contributed by atoms with E-state index in [0.717, 1.165) is 25.5 Å². The highest BCUT2D eigenvalue weighted by Gasteiger charge is 2.27. The molecule has 0 bridgehead atoms. The molecule has 0 aromatic carbocycles. The summed E-state index contributed by atoms with van der Waals surface area (Å²) in [4.78, 5) is 6.60. The van der Waals surface area contributed by atoms with Crippen molar-refractivity contribution in [3.05, 3.63) is 23.9 Å². The Bertz CT molecular complexity index is 366. The van der Waals surface area contributed by atoms with Crippen molar-refractivity contribution in [3.8, 4) is 0 Å². The number of pyridine rings is 1. The predicted molar refractivity (Wildman–Crippen MR) is 62.4 cm³/mol. The molecule has 1 aromatic heterocycles. The number of anilines is 1. The zero-order chi connectivity index (χ0) is 11.6. The van der Waals surface area contributed by atoms with Crippen LogP contribution >= 0.6 is 0 Å². The minimum Gasteiger partial charge on any atom is -0.390 e. The van der Waals surface area contributed by atoms with E-state index in [1.807, 2.05) is 18.2 Å². The zero-order valence-corrected chi connectivity index (χ0v) is 9.81.